The number of carbonyl (C=O) groups excluding carboxylic acids is 1. The number of halogens is 1. The van der Waals surface area contributed by atoms with Crippen LogP contribution in [0.3, 0.4) is 0 Å². The molecule has 2 fully saturated rings. The van der Waals surface area contributed by atoms with Gasteiger partial charge in [-0.3, -0.25) is 9.69 Å². The van der Waals surface area contributed by atoms with Gasteiger partial charge in [0.2, 0.25) is 0 Å². The minimum absolute atomic E-state index is 0.0511. The molecule has 3 rings (SSSR count). The summed E-state index contributed by atoms with van der Waals surface area (Å²) in [7, 11) is 0. The highest BCUT2D eigenvalue weighted by molar-refractivity contribution is 9.10. The Labute approximate surface area is 122 Å². The second kappa shape index (κ2) is 5.29. The maximum Gasteiger partial charge on any atom is 0.268 e. The fourth-order valence-electron chi connectivity index (χ4n) is 2.86. The predicted molar refractivity (Wildman–Crippen MR) is 78.3 cm³/mol. The second-order valence-electron chi connectivity index (χ2n) is 5.51. The molecule has 1 aromatic rings. The monoisotopic (exact) mass is 325 g/mol. The smallest absolute Gasteiger partial charge is 0.268 e. The van der Waals surface area contributed by atoms with Crippen LogP contribution in [0.1, 0.15) is 36.7 Å². The number of nitrogens with zero attached hydrogens (tertiary/aromatic N) is 2. The molecule has 1 aliphatic heterocycles. The van der Waals surface area contributed by atoms with Crippen LogP contribution >= 0.6 is 15.9 Å². The number of rotatable bonds is 4. The van der Waals surface area contributed by atoms with Gasteiger partial charge in [-0.25, -0.2) is 0 Å². The van der Waals surface area contributed by atoms with Gasteiger partial charge in [0.25, 0.3) is 5.91 Å². The summed E-state index contributed by atoms with van der Waals surface area (Å²) in [4.78, 5) is 14.8. The number of aryl methyl sites for hydroxylation is 1. The van der Waals surface area contributed by atoms with E-state index in [4.69, 9.17) is 0 Å². The van der Waals surface area contributed by atoms with Crippen molar-refractivity contribution in [2.75, 3.05) is 13.1 Å². The number of likely N-dealkylation sites (tertiary alicyclic amines) is 1. The molecule has 19 heavy (non-hydrogen) atoms. The van der Waals surface area contributed by atoms with Crippen LogP contribution in [0.5, 0.6) is 0 Å². The molecule has 5 heteroatoms. The predicted octanol–water partition coefficient (Wildman–Crippen LogP) is 2.24. The van der Waals surface area contributed by atoms with E-state index in [1.54, 1.807) is 0 Å². The molecule has 0 bridgehead atoms. The summed E-state index contributed by atoms with van der Waals surface area (Å²) >= 11 is 3.43. The largest absolute Gasteiger partial charge is 0.347 e. The Balaban J connectivity index is 1.61. The summed E-state index contributed by atoms with van der Waals surface area (Å²) in [5.74, 6) is 0.0511. The zero-order chi connectivity index (χ0) is 13.4. The lowest BCUT2D eigenvalue weighted by Crippen LogP contribution is -2.38. The lowest BCUT2D eigenvalue weighted by atomic mass is 10.2. The molecule has 2 aliphatic rings. The van der Waals surface area contributed by atoms with Crippen molar-refractivity contribution in [2.45, 2.75) is 44.8 Å². The van der Waals surface area contributed by atoms with Crippen molar-refractivity contribution in [1.82, 2.24) is 14.8 Å². The standard InChI is InChI=1S/C14H20BrN3O/c1-2-17-8-10(15)7-13(17)14(19)16-11-5-6-18(9-11)12-3-4-12/h7-8,11-12H,2-6,9H2,1H3,(H,16,19). The minimum atomic E-state index is 0.0511. The van der Waals surface area contributed by atoms with Gasteiger partial charge in [0.1, 0.15) is 5.69 Å². The van der Waals surface area contributed by atoms with E-state index in [0.717, 1.165) is 42.3 Å². The Morgan fingerprint density at radius 2 is 2.26 bits per heavy atom. The molecular weight excluding hydrogens is 306 g/mol. The van der Waals surface area contributed by atoms with E-state index in [2.05, 4.69) is 26.1 Å². The maximum atomic E-state index is 12.3. The van der Waals surface area contributed by atoms with Crippen molar-refractivity contribution in [3.63, 3.8) is 0 Å². The molecule has 1 aromatic heterocycles. The number of hydrogen-bond donors (Lipinski definition) is 1. The first-order valence-corrected chi connectivity index (χ1v) is 7.87. The molecule has 0 spiro atoms. The Kier molecular flexibility index (Phi) is 3.67. The Hall–Kier alpha value is -0.810. The third-order valence-electron chi connectivity index (χ3n) is 4.05. The quantitative estimate of drug-likeness (QED) is 0.921. The van der Waals surface area contributed by atoms with Gasteiger partial charge in [0.05, 0.1) is 0 Å². The lowest BCUT2D eigenvalue weighted by Gasteiger charge is -2.16. The van der Waals surface area contributed by atoms with E-state index in [9.17, 15) is 4.79 Å². The highest BCUT2D eigenvalue weighted by Crippen LogP contribution is 2.29. The molecule has 2 heterocycles. The third kappa shape index (κ3) is 2.87. The average molecular weight is 326 g/mol. The molecule has 1 amide bonds. The molecule has 104 valence electrons. The van der Waals surface area contributed by atoms with Crippen molar-refractivity contribution >= 4 is 21.8 Å². The molecule has 1 unspecified atom stereocenters. The van der Waals surface area contributed by atoms with Gasteiger partial charge in [-0.05, 0) is 48.2 Å². The van der Waals surface area contributed by atoms with E-state index in [1.165, 1.54) is 12.8 Å². The topological polar surface area (TPSA) is 37.3 Å². The Bertz CT molecular complexity index is 481. The van der Waals surface area contributed by atoms with Gasteiger partial charge >= 0.3 is 0 Å². The molecule has 1 atom stereocenters. The summed E-state index contributed by atoms with van der Waals surface area (Å²) in [6, 6.07) is 3.01. The van der Waals surface area contributed by atoms with Crippen LogP contribution < -0.4 is 5.32 Å². The van der Waals surface area contributed by atoms with Gasteiger partial charge in [-0.1, -0.05) is 0 Å². The van der Waals surface area contributed by atoms with E-state index in [0.29, 0.717) is 6.04 Å². The highest BCUT2D eigenvalue weighted by atomic mass is 79.9. The van der Waals surface area contributed by atoms with Crippen molar-refractivity contribution in [3.8, 4) is 0 Å². The first-order valence-electron chi connectivity index (χ1n) is 7.08. The van der Waals surface area contributed by atoms with Crippen molar-refractivity contribution in [1.29, 1.82) is 0 Å². The molecule has 1 N–H and O–H groups in total. The zero-order valence-electron chi connectivity index (χ0n) is 11.2. The number of aromatic nitrogens is 1. The highest BCUT2D eigenvalue weighted by Gasteiger charge is 2.35. The summed E-state index contributed by atoms with van der Waals surface area (Å²) < 4.78 is 2.94. The molecule has 0 radical (unpaired) electrons. The number of nitrogens with one attached hydrogen (secondary N) is 1. The molecule has 4 nitrogen and oxygen atoms in total. The number of carbonyl (C=O) groups is 1. The van der Waals surface area contributed by atoms with Gasteiger partial charge in [-0.2, -0.15) is 0 Å². The van der Waals surface area contributed by atoms with Crippen LogP contribution in [0.25, 0.3) is 0 Å². The van der Waals surface area contributed by atoms with Crippen molar-refractivity contribution < 1.29 is 4.79 Å². The Morgan fingerprint density at radius 1 is 1.47 bits per heavy atom. The van der Waals surface area contributed by atoms with Crippen LogP contribution in [0, 0.1) is 0 Å². The summed E-state index contributed by atoms with van der Waals surface area (Å²) in [6.45, 7) is 5.01. The normalized spacial score (nSPS) is 23.8. The third-order valence-corrected chi connectivity index (χ3v) is 4.49. The van der Waals surface area contributed by atoms with Crippen molar-refractivity contribution in [2.24, 2.45) is 0 Å². The van der Waals surface area contributed by atoms with E-state index in [-0.39, 0.29) is 5.91 Å². The molecule has 1 aliphatic carbocycles. The fourth-order valence-corrected chi connectivity index (χ4v) is 3.33. The number of amides is 1. The fraction of sp³-hybridized carbons (Fsp3) is 0.643. The van der Waals surface area contributed by atoms with Crippen LogP contribution in [0.2, 0.25) is 0 Å². The van der Waals surface area contributed by atoms with E-state index < -0.39 is 0 Å². The zero-order valence-corrected chi connectivity index (χ0v) is 12.8. The Morgan fingerprint density at radius 3 is 2.95 bits per heavy atom. The summed E-state index contributed by atoms with van der Waals surface area (Å²) in [5.41, 5.74) is 0.749. The molecule has 1 saturated carbocycles. The maximum absolute atomic E-state index is 12.3. The first kappa shape index (κ1) is 13.2. The molecule has 1 saturated heterocycles. The van der Waals surface area contributed by atoms with Crippen LogP contribution in [-0.2, 0) is 6.54 Å². The average Bonchev–Trinajstić information content (AvgIpc) is 3.02. The van der Waals surface area contributed by atoms with E-state index >= 15 is 0 Å². The van der Waals surface area contributed by atoms with Crippen LogP contribution in [-0.4, -0.2) is 40.5 Å². The molecule has 0 aromatic carbocycles. The van der Waals surface area contributed by atoms with Crippen LogP contribution in [0.4, 0.5) is 0 Å². The first-order chi connectivity index (χ1) is 9.17. The summed E-state index contributed by atoms with van der Waals surface area (Å²) in [5, 5.41) is 3.17. The van der Waals surface area contributed by atoms with Gasteiger partial charge in [0.15, 0.2) is 0 Å². The number of hydrogen-bond acceptors (Lipinski definition) is 2. The van der Waals surface area contributed by atoms with Crippen LogP contribution in [0.15, 0.2) is 16.7 Å². The van der Waals surface area contributed by atoms with Gasteiger partial charge in [0, 0.05) is 42.4 Å². The molecular formula is C14H20BrN3O. The second-order valence-corrected chi connectivity index (χ2v) is 6.43. The van der Waals surface area contributed by atoms with Crippen molar-refractivity contribution in [3.05, 3.63) is 22.4 Å². The minimum Gasteiger partial charge on any atom is -0.347 e. The SMILES string of the molecule is CCn1cc(Br)cc1C(=O)NC1CCN(C2CC2)C1. The lowest BCUT2D eigenvalue weighted by molar-refractivity contribution is 0.0928. The van der Waals surface area contributed by atoms with E-state index in [1.807, 2.05) is 23.8 Å². The van der Waals surface area contributed by atoms with Gasteiger partial charge in [-0.15, -0.1) is 0 Å². The summed E-state index contributed by atoms with van der Waals surface area (Å²) in [6.07, 6.45) is 5.72. The van der Waals surface area contributed by atoms with Gasteiger partial charge < -0.3 is 9.88 Å².